The number of hydrogen-bond donors (Lipinski definition) is 3. The molecule has 11 heavy (non-hydrogen) atoms. The standard InChI is InChI=1S/C8H11NO2/c1-5-2-8(11)6(4-9)3-7(5)10/h2-3,10-11H,4,9H2,1H3. The maximum atomic E-state index is 9.22. The first-order valence-corrected chi connectivity index (χ1v) is 3.36. The van der Waals surface area contributed by atoms with E-state index in [9.17, 15) is 10.2 Å². The molecule has 0 aliphatic rings. The van der Waals surface area contributed by atoms with Crippen molar-refractivity contribution in [1.82, 2.24) is 0 Å². The lowest BCUT2D eigenvalue weighted by Crippen LogP contribution is -1.96. The average molecular weight is 153 g/mol. The van der Waals surface area contributed by atoms with E-state index in [0.29, 0.717) is 11.1 Å². The summed E-state index contributed by atoms with van der Waals surface area (Å²) in [6, 6.07) is 2.97. The summed E-state index contributed by atoms with van der Waals surface area (Å²) in [5.41, 5.74) is 6.51. The topological polar surface area (TPSA) is 66.5 Å². The van der Waals surface area contributed by atoms with Gasteiger partial charge in [0.25, 0.3) is 0 Å². The van der Waals surface area contributed by atoms with Crippen LogP contribution in [0.25, 0.3) is 0 Å². The number of hydrogen-bond acceptors (Lipinski definition) is 3. The third-order valence-corrected chi connectivity index (χ3v) is 1.62. The second-order valence-electron chi connectivity index (χ2n) is 2.47. The van der Waals surface area contributed by atoms with E-state index in [1.807, 2.05) is 0 Å². The first-order valence-electron chi connectivity index (χ1n) is 3.36. The van der Waals surface area contributed by atoms with E-state index in [2.05, 4.69) is 0 Å². The van der Waals surface area contributed by atoms with Gasteiger partial charge in [0.15, 0.2) is 0 Å². The molecule has 0 aliphatic heterocycles. The van der Waals surface area contributed by atoms with E-state index in [1.54, 1.807) is 6.92 Å². The molecule has 0 saturated carbocycles. The highest BCUT2D eigenvalue weighted by Gasteiger charge is 2.02. The predicted octanol–water partition coefficient (Wildman–Crippen LogP) is 0.865. The number of benzene rings is 1. The molecule has 0 bridgehead atoms. The Hall–Kier alpha value is -1.22. The monoisotopic (exact) mass is 153 g/mol. The Morgan fingerprint density at radius 2 is 1.91 bits per heavy atom. The van der Waals surface area contributed by atoms with Crippen molar-refractivity contribution in [2.75, 3.05) is 0 Å². The average Bonchev–Trinajstić information content (AvgIpc) is 1.97. The summed E-state index contributed by atoms with van der Waals surface area (Å²) in [6.07, 6.45) is 0. The molecule has 0 radical (unpaired) electrons. The SMILES string of the molecule is Cc1cc(O)c(CN)cc1O. The molecule has 0 amide bonds. The van der Waals surface area contributed by atoms with Gasteiger partial charge in [0.05, 0.1) is 0 Å². The van der Waals surface area contributed by atoms with Crippen molar-refractivity contribution in [2.45, 2.75) is 13.5 Å². The summed E-state index contributed by atoms with van der Waals surface area (Å²) in [5.74, 6) is 0.311. The van der Waals surface area contributed by atoms with Gasteiger partial charge in [-0.2, -0.15) is 0 Å². The third kappa shape index (κ3) is 1.43. The largest absolute Gasteiger partial charge is 0.508 e. The molecule has 0 heterocycles. The molecule has 4 N–H and O–H groups in total. The van der Waals surface area contributed by atoms with Crippen molar-refractivity contribution in [1.29, 1.82) is 0 Å². The van der Waals surface area contributed by atoms with Crippen molar-refractivity contribution in [3.05, 3.63) is 23.3 Å². The number of nitrogens with two attached hydrogens (primary N) is 1. The summed E-state index contributed by atoms with van der Waals surface area (Å²) < 4.78 is 0. The van der Waals surface area contributed by atoms with Gasteiger partial charge < -0.3 is 15.9 Å². The van der Waals surface area contributed by atoms with Gasteiger partial charge in [0, 0.05) is 12.1 Å². The molecule has 0 aliphatic carbocycles. The molecule has 0 spiro atoms. The molecular formula is C8H11NO2. The maximum absolute atomic E-state index is 9.22. The summed E-state index contributed by atoms with van der Waals surface area (Å²) >= 11 is 0. The quantitative estimate of drug-likeness (QED) is 0.524. The van der Waals surface area contributed by atoms with Crippen LogP contribution in [-0.2, 0) is 6.54 Å². The fourth-order valence-corrected chi connectivity index (χ4v) is 0.888. The minimum atomic E-state index is 0.141. The van der Waals surface area contributed by atoms with E-state index >= 15 is 0 Å². The minimum absolute atomic E-state index is 0.141. The van der Waals surface area contributed by atoms with Crippen LogP contribution >= 0.6 is 0 Å². The molecule has 0 aromatic heterocycles. The Morgan fingerprint density at radius 1 is 1.27 bits per heavy atom. The van der Waals surface area contributed by atoms with E-state index in [0.717, 1.165) is 0 Å². The van der Waals surface area contributed by atoms with Crippen LogP contribution in [0.15, 0.2) is 12.1 Å². The number of phenols is 2. The van der Waals surface area contributed by atoms with Crippen LogP contribution < -0.4 is 5.73 Å². The Morgan fingerprint density at radius 3 is 2.45 bits per heavy atom. The van der Waals surface area contributed by atoms with E-state index in [-0.39, 0.29) is 18.0 Å². The minimum Gasteiger partial charge on any atom is -0.508 e. The maximum Gasteiger partial charge on any atom is 0.120 e. The molecule has 1 rings (SSSR count). The number of phenolic OH excluding ortho intramolecular Hbond substituents is 2. The van der Waals surface area contributed by atoms with Crippen LogP contribution in [0.4, 0.5) is 0 Å². The summed E-state index contributed by atoms with van der Waals surface area (Å²) in [5, 5.41) is 18.4. The van der Waals surface area contributed by atoms with Gasteiger partial charge in [-0.1, -0.05) is 0 Å². The molecule has 0 saturated heterocycles. The third-order valence-electron chi connectivity index (χ3n) is 1.62. The lowest BCUT2D eigenvalue weighted by Gasteiger charge is -2.04. The lowest BCUT2D eigenvalue weighted by molar-refractivity contribution is 0.451. The Labute approximate surface area is 65.1 Å². The van der Waals surface area contributed by atoms with Crippen molar-refractivity contribution in [3.63, 3.8) is 0 Å². The van der Waals surface area contributed by atoms with Crippen LogP contribution in [0.5, 0.6) is 11.5 Å². The smallest absolute Gasteiger partial charge is 0.120 e. The van der Waals surface area contributed by atoms with Crippen molar-refractivity contribution < 1.29 is 10.2 Å². The fraction of sp³-hybridized carbons (Fsp3) is 0.250. The molecule has 0 atom stereocenters. The van der Waals surface area contributed by atoms with Gasteiger partial charge in [-0.25, -0.2) is 0 Å². The molecule has 60 valence electrons. The van der Waals surface area contributed by atoms with Crippen molar-refractivity contribution in [2.24, 2.45) is 5.73 Å². The van der Waals surface area contributed by atoms with Gasteiger partial charge in [-0.3, -0.25) is 0 Å². The molecule has 0 fully saturated rings. The van der Waals surface area contributed by atoms with Crippen molar-refractivity contribution >= 4 is 0 Å². The number of rotatable bonds is 1. The zero-order valence-corrected chi connectivity index (χ0v) is 6.33. The van der Waals surface area contributed by atoms with Crippen LogP contribution in [0.3, 0.4) is 0 Å². The van der Waals surface area contributed by atoms with Gasteiger partial charge in [0.1, 0.15) is 11.5 Å². The Kier molecular flexibility index (Phi) is 2.01. The second-order valence-corrected chi connectivity index (χ2v) is 2.47. The van der Waals surface area contributed by atoms with Gasteiger partial charge in [-0.15, -0.1) is 0 Å². The summed E-state index contributed by atoms with van der Waals surface area (Å²) in [4.78, 5) is 0. The molecule has 3 heteroatoms. The Bertz CT molecular complexity index is 271. The summed E-state index contributed by atoms with van der Waals surface area (Å²) in [6.45, 7) is 1.95. The van der Waals surface area contributed by atoms with Crippen LogP contribution in [0, 0.1) is 6.92 Å². The van der Waals surface area contributed by atoms with Crippen LogP contribution in [0.1, 0.15) is 11.1 Å². The lowest BCUT2D eigenvalue weighted by atomic mass is 10.1. The van der Waals surface area contributed by atoms with Gasteiger partial charge in [-0.05, 0) is 24.6 Å². The normalized spacial score (nSPS) is 10.0. The number of aromatic hydroxyl groups is 2. The molecule has 1 aromatic carbocycles. The molecular weight excluding hydrogens is 142 g/mol. The number of aryl methyl sites for hydroxylation is 1. The fourth-order valence-electron chi connectivity index (χ4n) is 0.888. The van der Waals surface area contributed by atoms with Gasteiger partial charge >= 0.3 is 0 Å². The van der Waals surface area contributed by atoms with Gasteiger partial charge in [0.2, 0.25) is 0 Å². The second kappa shape index (κ2) is 2.80. The molecule has 0 unspecified atom stereocenters. The zero-order valence-electron chi connectivity index (χ0n) is 6.33. The van der Waals surface area contributed by atoms with Crippen LogP contribution in [0.2, 0.25) is 0 Å². The first-order chi connectivity index (χ1) is 5.15. The molecule has 3 nitrogen and oxygen atoms in total. The summed E-state index contributed by atoms with van der Waals surface area (Å²) in [7, 11) is 0. The predicted molar refractivity (Wildman–Crippen MR) is 42.4 cm³/mol. The van der Waals surface area contributed by atoms with E-state index in [4.69, 9.17) is 5.73 Å². The van der Waals surface area contributed by atoms with Crippen molar-refractivity contribution in [3.8, 4) is 11.5 Å². The Balaban J connectivity index is 3.21. The highest BCUT2D eigenvalue weighted by Crippen LogP contribution is 2.25. The zero-order chi connectivity index (χ0) is 8.43. The highest BCUT2D eigenvalue weighted by atomic mass is 16.3. The van der Waals surface area contributed by atoms with Crippen LogP contribution in [-0.4, -0.2) is 10.2 Å². The molecule has 1 aromatic rings. The highest BCUT2D eigenvalue weighted by molar-refractivity contribution is 5.44. The van der Waals surface area contributed by atoms with E-state index < -0.39 is 0 Å². The first kappa shape index (κ1) is 7.88. The van der Waals surface area contributed by atoms with E-state index in [1.165, 1.54) is 12.1 Å².